The summed E-state index contributed by atoms with van der Waals surface area (Å²) in [6.07, 6.45) is 4.98. The number of nitrogens with zero attached hydrogens (tertiary/aromatic N) is 4. The van der Waals surface area contributed by atoms with E-state index in [1.807, 2.05) is 18.2 Å². The Morgan fingerprint density at radius 1 is 1.16 bits per heavy atom. The van der Waals surface area contributed by atoms with E-state index in [0.717, 1.165) is 24.6 Å². The zero-order valence-corrected chi connectivity index (χ0v) is 24.9. The number of benzene rings is 1. The normalized spacial score (nSPS) is 28.0. The molecule has 44 heavy (non-hydrogen) atoms. The lowest BCUT2D eigenvalue weighted by molar-refractivity contribution is -0.114. The summed E-state index contributed by atoms with van der Waals surface area (Å²) in [4.78, 5) is 25.2. The van der Waals surface area contributed by atoms with Gasteiger partial charge < -0.3 is 34.7 Å². The van der Waals surface area contributed by atoms with Crippen molar-refractivity contribution in [2.24, 2.45) is 11.8 Å². The van der Waals surface area contributed by atoms with E-state index in [4.69, 9.17) is 26.1 Å². The van der Waals surface area contributed by atoms with Crippen molar-refractivity contribution in [3.05, 3.63) is 39.8 Å². The minimum Gasteiger partial charge on any atom is -0.486 e. The molecule has 13 heteroatoms. The fourth-order valence-corrected chi connectivity index (χ4v) is 7.60. The van der Waals surface area contributed by atoms with E-state index in [1.165, 1.54) is 0 Å². The smallest absolute Gasteiger partial charge is 0.295 e. The van der Waals surface area contributed by atoms with Crippen LogP contribution < -0.4 is 25.8 Å². The largest absolute Gasteiger partial charge is 0.486 e. The van der Waals surface area contributed by atoms with Gasteiger partial charge in [0.2, 0.25) is 17.6 Å². The standard InChI is InChI=1S/C31H35ClF2N6O4/c32-23-12-35-30(40-19-8-21(41)9-20(40)15-43-14-19)38-28(23)36-18-3-4-25-22(7-18)26-27(44-6-5-24(37-26)17-1-2-17)29(42)39(25)13-16-10-31(33,34)11-16/h3-4,7,12,16-17,19-21,24,37,41H,1-2,5-6,8-11,13-15H2,(H,35,36,38)/t19-,20+,21-,24-/m1/s1. The molecule has 0 amide bonds. The van der Waals surface area contributed by atoms with Crippen molar-refractivity contribution in [1.82, 2.24) is 14.5 Å². The molecule has 8 rings (SSSR count). The highest BCUT2D eigenvalue weighted by Crippen LogP contribution is 2.45. The quantitative estimate of drug-likeness (QED) is 0.349. The lowest BCUT2D eigenvalue weighted by atomic mass is 9.81. The zero-order valence-electron chi connectivity index (χ0n) is 24.1. The molecule has 3 N–H and O–H groups in total. The Hall–Kier alpha value is -3.22. The van der Waals surface area contributed by atoms with Crippen molar-refractivity contribution in [2.75, 3.05) is 35.4 Å². The number of rotatable bonds is 6. The molecule has 234 valence electrons. The molecule has 4 fully saturated rings. The van der Waals surface area contributed by atoms with Crippen molar-refractivity contribution < 1.29 is 23.4 Å². The number of ether oxygens (including phenoxy) is 2. The SMILES string of the molecule is O=c1c2c(c3cc(Nc4nc(N5[C@@H]6COC[C@H]5C[C@@H](O)C6)ncc4Cl)ccc3n1CC1CC(F)(F)C1)N[C@@H](C1CC1)CCO2. The molecule has 1 aromatic carbocycles. The number of hydrogen-bond donors (Lipinski definition) is 3. The second kappa shape index (κ2) is 10.7. The van der Waals surface area contributed by atoms with Crippen LogP contribution in [0.2, 0.25) is 5.02 Å². The van der Waals surface area contributed by atoms with E-state index in [0.29, 0.717) is 72.3 Å². The maximum absolute atomic E-state index is 13.8. The van der Waals surface area contributed by atoms with Gasteiger partial charge in [-0.1, -0.05) is 11.6 Å². The minimum atomic E-state index is -2.67. The summed E-state index contributed by atoms with van der Waals surface area (Å²) in [6.45, 7) is 1.61. The summed E-state index contributed by atoms with van der Waals surface area (Å²) in [5.74, 6) is -1.22. The molecule has 2 saturated carbocycles. The first-order valence-corrected chi connectivity index (χ1v) is 15.9. The summed E-state index contributed by atoms with van der Waals surface area (Å²) < 4.78 is 40.8. The number of piperidine rings is 1. The van der Waals surface area contributed by atoms with Crippen LogP contribution in [-0.4, -0.2) is 69.6 Å². The van der Waals surface area contributed by atoms with E-state index in [2.05, 4.69) is 20.5 Å². The number of aliphatic hydroxyl groups is 1. The molecule has 2 aliphatic carbocycles. The summed E-state index contributed by atoms with van der Waals surface area (Å²) in [6, 6.07) is 5.76. The van der Waals surface area contributed by atoms with E-state index in [-0.39, 0.29) is 60.8 Å². The molecule has 2 aromatic heterocycles. The van der Waals surface area contributed by atoms with E-state index in [1.54, 1.807) is 10.8 Å². The highest BCUT2D eigenvalue weighted by atomic mass is 35.5. The Morgan fingerprint density at radius 2 is 1.93 bits per heavy atom. The van der Waals surface area contributed by atoms with Gasteiger partial charge in [-0.3, -0.25) is 4.79 Å². The van der Waals surface area contributed by atoms with Gasteiger partial charge in [0.1, 0.15) is 5.02 Å². The van der Waals surface area contributed by atoms with Crippen molar-refractivity contribution >= 4 is 45.6 Å². The van der Waals surface area contributed by atoms with E-state index >= 15 is 0 Å². The lowest BCUT2D eigenvalue weighted by Gasteiger charge is -2.47. The third-order valence-corrected chi connectivity index (χ3v) is 10.0. The summed E-state index contributed by atoms with van der Waals surface area (Å²) in [5.41, 5.74) is 1.71. The van der Waals surface area contributed by atoms with Crippen LogP contribution in [0.25, 0.3) is 10.9 Å². The van der Waals surface area contributed by atoms with Gasteiger partial charge in [-0.05, 0) is 55.7 Å². The number of halogens is 3. The van der Waals surface area contributed by atoms with Gasteiger partial charge in [0.15, 0.2) is 5.82 Å². The first-order chi connectivity index (χ1) is 21.2. The second-order valence-electron chi connectivity index (χ2n) is 13.1. The molecular weight excluding hydrogens is 594 g/mol. The molecule has 0 unspecified atom stereocenters. The fourth-order valence-electron chi connectivity index (χ4n) is 7.46. The highest BCUT2D eigenvalue weighted by Gasteiger charge is 2.46. The van der Waals surface area contributed by atoms with Crippen molar-refractivity contribution in [2.45, 2.75) is 81.6 Å². The monoisotopic (exact) mass is 628 g/mol. The molecule has 3 aliphatic heterocycles. The van der Waals surface area contributed by atoms with Crippen LogP contribution in [0.4, 0.5) is 31.9 Å². The number of nitrogens with one attached hydrogen (secondary N) is 2. The lowest BCUT2D eigenvalue weighted by Crippen LogP contribution is -2.59. The Morgan fingerprint density at radius 3 is 2.66 bits per heavy atom. The molecule has 2 bridgehead atoms. The molecule has 2 saturated heterocycles. The van der Waals surface area contributed by atoms with Crippen LogP contribution in [0.3, 0.4) is 0 Å². The highest BCUT2D eigenvalue weighted by molar-refractivity contribution is 6.33. The maximum atomic E-state index is 13.8. The van der Waals surface area contributed by atoms with Crippen LogP contribution in [0.1, 0.15) is 44.9 Å². The Balaban J connectivity index is 1.16. The zero-order chi connectivity index (χ0) is 30.2. The summed E-state index contributed by atoms with van der Waals surface area (Å²) in [5, 5.41) is 18.4. The molecule has 0 spiro atoms. The Kier molecular flexibility index (Phi) is 6.87. The number of aliphatic hydroxyl groups excluding tert-OH is 1. The number of hydrogen-bond acceptors (Lipinski definition) is 9. The number of aromatic nitrogens is 3. The maximum Gasteiger partial charge on any atom is 0.295 e. The van der Waals surface area contributed by atoms with Crippen LogP contribution in [-0.2, 0) is 11.3 Å². The molecule has 10 nitrogen and oxygen atoms in total. The molecule has 0 radical (unpaired) electrons. The van der Waals surface area contributed by atoms with Crippen LogP contribution in [0.5, 0.6) is 5.75 Å². The number of pyridine rings is 1. The number of alkyl halides is 2. The second-order valence-corrected chi connectivity index (χ2v) is 13.5. The van der Waals surface area contributed by atoms with Gasteiger partial charge in [-0.2, -0.15) is 4.98 Å². The van der Waals surface area contributed by atoms with Crippen LogP contribution in [0.15, 0.2) is 29.2 Å². The molecule has 5 aliphatic rings. The van der Waals surface area contributed by atoms with E-state index < -0.39 is 5.92 Å². The number of anilines is 4. The molecule has 5 heterocycles. The first kappa shape index (κ1) is 28.3. The van der Waals surface area contributed by atoms with Crippen molar-refractivity contribution in [1.29, 1.82) is 0 Å². The third-order valence-electron chi connectivity index (χ3n) is 9.76. The third kappa shape index (κ3) is 5.14. The van der Waals surface area contributed by atoms with Gasteiger partial charge in [0, 0.05) is 42.9 Å². The van der Waals surface area contributed by atoms with Gasteiger partial charge in [0.25, 0.3) is 5.56 Å². The minimum absolute atomic E-state index is 0.0273. The van der Waals surface area contributed by atoms with Gasteiger partial charge in [0.05, 0.1) is 55.4 Å². The molecule has 3 aromatic rings. The number of morpholine rings is 1. The van der Waals surface area contributed by atoms with Gasteiger partial charge in [-0.15, -0.1) is 0 Å². The van der Waals surface area contributed by atoms with Gasteiger partial charge in [-0.25, -0.2) is 13.8 Å². The molecular formula is C31H35ClF2N6O4. The molecule has 4 atom stereocenters. The van der Waals surface area contributed by atoms with Crippen molar-refractivity contribution in [3.63, 3.8) is 0 Å². The average molecular weight is 629 g/mol. The number of fused-ring (bicyclic) bond motifs is 5. The Labute approximate surface area is 257 Å². The Bertz CT molecular complexity index is 1650. The first-order valence-electron chi connectivity index (χ1n) is 15.5. The fraction of sp³-hybridized carbons (Fsp3) is 0.581. The van der Waals surface area contributed by atoms with E-state index in [9.17, 15) is 18.7 Å². The summed E-state index contributed by atoms with van der Waals surface area (Å²) >= 11 is 6.58. The summed E-state index contributed by atoms with van der Waals surface area (Å²) in [7, 11) is 0. The van der Waals surface area contributed by atoms with Crippen LogP contribution in [0, 0.1) is 11.8 Å². The predicted octanol–water partition coefficient (Wildman–Crippen LogP) is 4.94. The topological polar surface area (TPSA) is 114 Å². The predicted molar refractivity (Wildman–Crippen MR) is 163 cm³/mol. The van der Waals surface area contributed by atoms with Crippen LogP contribution >= 0.6 is 11.6 Å². The van der Waals surface area contributed by atoms with Gasteiger partial charge >= 0.3 is 0 Å². The average Bonchev–Trinajstić information content (AvgIpc) is 3.82. The van der Waals surface area contributed by atoms with Crippen molar-refractivity contribution in [3.8, 4) is 5.75 Å².